The van der Waals surface area contributed by atoms with E-state index in [1.807, 2.05) is 30.3 Å². The molecule has 5 rings (SSSR count). The van der Waals surface area contributed by atoms with Crippen LogP contribution in [-0.2, 0) is 18.4 Å². The Morgan fingerprint density at radius 2 is 1.83 bits per heavy atom. The second kappa shape index (κ2) is 9.26. The molecule has 14 nitrogen and oxygen atoms in total. The highest BCUT2D eigenvalue weighted by Crippen LogP contribution is 2.55. The highest BCUT2D eigenvalue weighted by atomic mass is 35.5. The number of hydrogen-bond donors (Lipinski definition) is 5. The van der Waals surface area contributed by atoms with Gasteiger partial charge in [0.15, 0.2) is 29.1 Å². The number of nitrogens with zero attached hydrogens (tertiary/aromatic N) is 5. The predicted molar refractivity (Wildman–Crippen MR) is 126 cm³/mol. The number of aliphatic hydroxyl groups is 2. The molecule has 5 N–H and O–H groups in total. The van der Waals surface area contributed by atoms with E-state index in [2.05, 4.69) is 15.0 Å². The third-order valence-corrected chi connectivity index (χ3v) is 9.24. The lowest BCUT2D eigenvalue weighted by atomic mass is 10.1. The predicted octanol–water partition coefficient (Wildman–Crippen LogP) is 1.38. The summed E-state index contributed by atoms with van der Waals surface area (Å²) >= 11 is 6.20. The Morgan fingerprint density at radius 1 is 1.08 bits per heavy atom. The molecule has 1 aliphatic heterocycles. The zero-order chi connectivity index (χ0) is 25.8. The van der Waals surface area contributed by atoms with Crippen molar-refractivity contribution < 1.29 is 43.3 Å². The summed E-state index contributed by atoms with van der Waals surface area (Å²) in [4.78, 5) is 40.4. The Balaban J connectivity index is 1.45. The molecular formula is C19H20ClN5O9P2. The molecule has 4 heterocycles. The molecule has 0 aliphatic carbocycles. The number of benzene rings is 1. The first-order valence-electron chi connectivity index (χ1n) is 10.4. The third-order valence-electron chi connectivity index (χ3n) is 5.62. The van der Waals surface area contributed by atoms with Crippen LogP contribution in [0.25, 0.3) is 27.9 Å². The van der Waals surface area contributed by atoms with Crippen LogP contribution >= 0.6 is 26.8 Å². The second-order valence-corrected chi connectivity index (χ2v) is 12.5. The molecule has 192 valence electrons. The number of imidazole rings is 1. The Hall–Kier alpha value is -2.22. The molecule has 36 heavy (non-hydrogen) atoms. The van der Waals surface area contributed by atoms with E-state index in [-0.39, 0.29) is 10.9 Å². The van der Waals surface area contributed by atoms with E-state index < -0.39 is 52.2 Å². The number of hydrogen-bond acceptors (Lipinski definition) is 9. The van der Waals surface area contributed by atoms with E-state index in [9.17, 15) is 24.2 Å². The van der Waals surface area contributed by atoms with Crippen molar-refractivity contribution >= 4 is 48.9 Å². The Bertz CT molecular complexity index is 1540. The average molecular weight is 560 g/mol. The van der Waals surface area contributed by atoms with Crippen LogP contribution in [-0.4, -0.2) is 79.8 Å². The van der Waals surface area contributed by atoms with E-state index in [1.165, 1.54) is 10.9 Å². The molecule has 2 unspecified atom stereocenters. The highest BCUT2D eigenvalue weighted by Gasteiger charge is 2.45. The molecule has 0 spiro atoms. The van der Waals surface area contributed by atoms with Crippen LogP contribution in [0.15, 0.2) is 42.9 Å². The standard InChI is InChI=1S/C19H20ClN5O9P2/c20-19-22-16(24-6-5-10-3-1-2-4-11(10)24)13-17(23-19)25(8-21-13)18-15(27)14(26)12(34-18)7-33-36(31,32)9-35(28,29)30/h1-6,8,12,14-15,18,26-27H,7,9H2,(H,31,32)(H2,28,29,30)/t12-,14+,15?,18-/m1/s1. The molecule has 3 aromatic heterocycles. The lowest BCUT2D eigenvalue weighted by Gasteiger charge is -2.18. The van der Waals surface area contributed by atoms with Crippen molar-refractivity contribution in [1.82, 2.24) is 24.1 Å². The molecule has 0 saturated carbocycles. The van der Waals surface area contributed by atoms with E-state index in [0.717, 1.165) is 10.9 Å². The summed E-state index contributed by atoms with van der Waals surface area (Å²) in [6.07, 6.45) is -2.51. The molecule has 4 aromatic rings. The molecule has 1 saturated heterocycles. The van der Waals surface area contributed by atoms with Crippen LogP contribution in [0.5, 0.6) is 0 Å². The first-order valence-corrected chi connectivity index (χ1v) is 14.4. The van der Waals surface area contributed by atoms with Crippen LogP contribution < -0.4 is 0 Å². The van der Waals surface area contributed by atoms with Crippen LogP contribution in [0.2, 0.25) is 5.28 Å². The normalized spacial score (nSPS) is 24.5. The molecule has 1 aromatic carbocycles. The number of halogens is 1. The SMILES string of the molecule is O=P(O)(O)CP(=O)(O)OC[C@H]1O[C@@H](n2cnc3c(-n4ccc5ccccc54)nc(Cl)nc32)C(O)[C@H]1O. The minimum Gasteiger partial charge on any atom is -0.387 e. The Morgan fingerprint density at radius 3 is 2.58 bits per heavy atom. The largest absolute Gasteiger partial charge is 0.387 e. The minimum atomic E-state index is -4.83. The van der Waals surface area contributed by atoms with Crippen molar-refractivity contribution in [3.63, 3.8) is 0 Å². The summed E-state index contributed by atoms with van der Waals surface area (Å²) in [5.74, 6) is -1.02. The number of rotatable bonds is 7. The zero-order valence-corrected chi connectivity index (χ0v) is 20.7. The summed E-state index contributed by atoms with van der Waals surface area (Å²) in [5.41, 5.74) is 1.36. The van der Waals surface area contributed by atoms with Gasteiger partial charge in [0.25, 0.3) is 0 Å². The highest BCUT2D eigenvalue weighted by molar-refractivity contribution is 7.70. The van der Waals surface area contributed by atoms with Crippen molar-refractivity contribution in [2.75, 3.05) is 12.5 Å². The molecular weight excluding hydrogens is 540 g/mol. The quantitative estimate of drug-likeness (QED) is 0.161. The first kappa shape index (κ1) is 25.4. The molecule has 0 radical (unpaired) electrons. The fraction of sp³-hybridized carbons (Fsp3) is 0.316. The van der Waals surface area contributed by atoms with Gasteiger partial charge in [-0.2, -0.15) is 9.97 Å². The van der Waals surface area contributed by atoms with Crippen LogP contribution in [0.4, 0.5) is 0 Å². The Labute approximate surface area is 207 Å². The van der Waals surface area contributed by atoms with Gasteiger partial charge in [-0.05, 0) is 29.1 Å². The van der Waals surface area contributed by atoms with E-state index in [1.54, 1.807) is 10.8 Å². The number of aliphatic hydroxyl groups excluding tert-OH is 2. The first-order chi connectivity index (χ1) is 16.9. The van der Waals surface area contributed by atoms with Gasteiger partial charge in [0, 0.05) is 6.20 Å². The summed E-state index contributed by atoms with van der Waals surface area (Å²) in [5, 5.41) is 21.9. The lowest BCUT2D eigenvalue weighted by Crippen LogP contribution is -2.33. The molecule has 0 amide bonds. The van der Waals surface area contributed by atoms with E-state index >= 15 is 0 Å². The van der Waals surface area contributed by atoms with Crippen molar-refractivity contribution in [2.45, 2.75) is 24.5 Å². The van der Waals surface area contributed by atoms with Crippen molar-refractivity contribution in [1.29, 1.82) is 0 Å². The summed E-state index contributed by atoms with van der Waals surface area (Å²) in [6.45, 7) is -0.717. The van der Waals surface area contributed by atoms with Crippen molar-refractivity contribution in [2.24, 2.45) is 0 Å². The third kappa shape index (κ3) is 4.85. The Kier molecular flexibility index (Phi) is 6.54. The number of fused-ring (bicyclic) bond motifs is 2. The van der Waals surface area contributed by atoms with Crippen molar-refractivity contribution in [3.05, 3.63) is 48.1 Å². The molecule has 1 fully saturated rings. The maximum atomic E-state index is 11.9. The topological polar surface area (TPSA) is 202 Å². The molecule has 17 heteroatoms. The van der Waals surface area contributed by atoms with Gasteiger partial charge in [0.05, 0.1) is 18.5 Å². The zero-order valence-electron chi connectivity index (χ0n) is 18.1. The van der Waals surface area contributed by atoms with Crippen molar-refractivity contribution in [3.8, 4) is 5.82 Å². The van der Waals surface area contributed by atoms with Gasteiger partial charge in [-0.15, -0.1) is 0 Å². The summed E-state index contributed by atoms with van der Waals surface area (Å²) in [7, 11) is -9.52. The number of ether oxygens (including phenoxy) is 1. The summed E-state index contributed by atoms with van der Waals surface area (Å²) in [6, 6.07) is 9.49. The molecule has 1 aliphatic rings. The molecule has 0 bridgehead atoms. The fourth-order valence-corrected chi connectivity index (χ4v) is 6.79. The van der Waals surface area contributed by atoms with Gasteiger partial charge in [0.2, 0.25) is 5.28 Å². The van der Waals surface area contributed by atoms with Gasteiger partial charge in [-0.1, -0.05) is 18.2 Å². The second-order valence-electron chi connectivity index (χ2n) is 8.17. The van der Waals surface area contributed by atoms with Crippen LogP contribution in [0, 0.1) is 0 Å². The lowest BCUT2D eigenvalue weighted by molar-refractivity contribution is -0.0483. The van der Waals surface area contributed by atoms with Crippen LogP contribution in [0.3, 0.4) is 0 Å². The van der Waals surface area contributed by atoms with Gasteiger partial charge < -0.3 is 34.2 Å². The monoisotopic (exact) mass is 559 g/mol. The van der Waals surface area contributed by atoms with E-state index in [0.29, 0.717) is 11.3 Å². The minimum absolute atomic E-state index is 0.108. The maximum Gasteiger partial charge on any atom is 0.340 e. The van der Waals surface area contributed by atoms with E-state index in [4.69, 9.17) is 30.6 Å². The van der Waals surface area contributed by atoms with Gasteiger partial charge in [-0.25, -0.2) is 4.98 Å². The van der Waals surface area contributed by atoms with Gasteiger partial charge >= 0.3 is 15.2 Å². The van der Waals surface area contributed by atoms with Gasteiger partial charge in [0.1, 0.15) is 18.3 Å². The maximum absolute atomic E-state index is 11.9. The molecule has 5 atom stereocenters. The number of para-hydroxylation sites is 1. The van der Waals surface area contributed by atoms with Gasteiger partial charge in [-0.3, -0.25) is 18.3 Å². The number of aromatic nitrogens is 5. The summed E-state index contributed by atoms with van der Waals surface area (Å²) < 4.78 is 36.5. The van der Waals surface area contributed by atoms with Crippen LogP contribution in [0.1, 0.15) is 6.23 Å². The fourth-order valence-electron chi connectivity index (χ4n) is 4.06. The smallest absolute Gasteiger partial charge is 0.340 e. The average Bonchev–Trinajstić information content (AvgIpc) is 3.47.